The molecule has 3 N–H and O–H groups in total. The van der Waals surface area contributed by atoms with E-state index in [0.717, 1.165) is 6.42 Å². The molecule has 0 radical (unpaired) electrons. The quantitative estimate of drug-likeness (QED) is 0.235. The summed E-state index contributed by atoms with van der Waals surface area (Å²) < 4.78 is 10.6. The maximum absolute atomic E-state index is 8.59. The smallest absolute Gasteiger partial charge is 0.244 e. The molecule has 0 aromatic carbocycles. The van der Waals surface area contributed by atoms with Crippen molar-refractivity contribution in [3.05, 3.63) is 17.8 Å². The minimum absolute atomic E-state index is 0.0654. The molecule has 1 heterocycles. The molecule has 94 valence electrons. The van der Waals surface area contributed by atoms with Gasteiger partial charge in [-0.1, -0.05) is 12.1 Å². The van der Waals surface area contributed by atoms with Gasteiger partial charge in [-0.3, -0.25) is 0 Å². The van der Waals surface area contributed by atoms with Gasteiger partial charge in [-0.2, -0.15) is 5.10 Å². The third-order valence-corrected chi connectivity index (χ3v) is 1.89. The highest BCUT2D eigenvalue weighted by Gasteiger charge is 2.09. The van der Waals surface area contributed by atoms with E-state index in [4.69, 9.17) is 20.4 Å². The van der Waals surface area contributed by atoms with Gasteiger partial charge in [0.2, 0.25) is 5.88 Å². The summed E-state index contributed by atoms with van der Waals surface area (Å²) in [5.74, 6) is 0.160. The molecule has 0 unspecified atom stereocenters. The normalized spacial score (nSPS) is 11.5. The molecule has 0 saturated carbocycles. The van der Waals surface area contributed by atoms with E-state index in [0.29, 0.717) is 25.4 Å². The van der Waals surface area contributed by atoms with Crippen molar-refractivity contribution in [3.63, 3.8) is 0 Å². The van der Waals surface area contributed by atoms with Gasteiger partial charge in [0.1, 0.15) is 6.61 Å². The number of ether oxygens (including phenoxy) is 2. The van der Waals surface area contributed by atoms with Crippen LogP contribution in [-0.4, -0.2) is 41.1 Å². The first-order valence-corrected chi connectivity index (χ1v) is 5.29. The summed E-state index contributed by atoms with van der Waals surface area (Å²) in [5.41, 5.74) is 5.87. The maximum atomic E-state index is 8.59. The van der Waals surface area contributed by atoms with Gasteiger partial charge in [-0.25, -0.2) is 0 Å². The maximum Gasteiger partial charge on any atom is 0.244 e. The standard InChI is InChI=1S/C10H16N4O3/c1-2-5-16-6-7-17-10-8(9(11)14-15)3-4-12-13-10/h3-4,15H,2,5-7H2,1H3,(H2,11,14). The average Bonchev–Trinajstić information content (AvgIpc) is 2.38. The molecule has 7 nitrogen and oxygen atoms in total. The summed E-state index contributed by atoms with van der Waals surface area (Å²) in [6.07, 6.45) is 2.40. The molecule has 0 atom stereocenters. The zero-order valence-electron chi connectivity index (χ0n) is 9.67. The first kappa shape index (κ1) is 13.2. The zero-order valence-corrected chi connectivity index (χ0v) is 9.67. The Morgan fingerprint density at radius 2 is 2.29 bits per heavy atom. The molecule has 0 fully saturated rings. The minimum Gasteiger partial charge on any atom is -0.474 e. The first-order valence-electron chi connectivity index (χ1n) is 5.29. The minimum atomic E-state index is -0.0654. The summed E-state index contributed by atoms with van der Waals surface area (Å²) in [5, 5.41) is 18.9. The molecular weight excluding hydrogens is 224 g/mol. The molecular formula is C10H16N4O3. The van der Waals surface area contributed by atoms with Crippen molar-refractivity contribution in [1.29, 1.82) is 0 Å². The van der Waals surface area contributed by atoms with E-state index in [9.17, 15) is 0 Å². The zero-order chi connectivity index (χ0) is 12.5. The van der Waals surface area contributed by atoms with Crippen LogP contribution in [0.1, 0.15) is 18.9 Å². The van der Waals surface area contributed by atoms with E-state index in [2.05, 4.69) is 15.4 Å². The molecule has 0 spiro atoms. The number of rotatable bonds is 7. The highest BCUT2D eigenvalue weighted by atomic mass is 16.5. The summed E-state index contributed by atoms with van der Waals surface area (Å²) in [7, 11) is 0. The predicted molar refractivity (Wildman–Crippen MR) is 61.1 cm³/mol. The molecule has 0 bridgehead atoms. The fourth-order valence-electron chi connectivity index (χ4n) is 1.12. The van der Waals surface area contributed by atoms with Crippen LogP contribution in [0.4, 0.5) is 0 Å². The molecule has 17 heavy (non-hydrogen) atoms. The van der Waals surface area contributed by atoms with Crippen molar-refractivity contribution >= 4 is 5.84 Å². The molecule has 0 saturated heterocycles. The van der Waals surface area contributed by atoms with Crippen molar-refractivity contribution in [1.82, 2.24) is 10.2 Å². The lowest BCUT2D eigenvalue weighted by atomic mass is 10.3. The van der Waals surface area contributed by atoms with Gasteiger partial charge in [-0.05, 0) is 12.5 Å². The van der Waals surface area contributed by atoms with Crippen molar-refractivity contribution in [2.45, 2.75) is 13.3 Å². The van der Waals surface area contributed by atoms with E-state index in [1.54, 1.807) is 6.07 Å². The molecule has 0 aliphatic carbocycles. The largest absolute Gasteiger partial charge is 0.474 e. The first-order chi connectivity index (χ1) is 8.29. The fraction of sp³-hybridized carbons (Fsp3) is 0.500. The molecule has 1 aromatic rings. The second kappa shape index (κ2) is 7.39. The van der Waals surface area contributed by atoms with Crippen LogP contribution in [0, 0.1) is 0 Å². The Morgan fingerprint density at radius 1 is 1.47 bits per heavy atom. The molecule has 1 rings (SSSR count). The SMILES string of the molecule is CCCOCCOc1nnccc1/C(N)=N/O. The van der Waals surface area contributed by atoms with Gasteiger partial charge >= 0.3 is 0 Å². The Labute approximate surface area is 99.2 Å². The summed E-state index contributed by atoms with van der Waals surface area (Å²) in [6.45, 7) is 3.52. The highest BCUT2D eigenvalue weighted by Crippen LogP contribution is 2.12. The predicted octanol–water partition coefficient (Wildman–Crippen LogP) is 0.377. The van der Waals surface area contributed by atoms with Crippen molar-refractivity contribution in [2.75, 3.05) is 19.8 Å². The summed E-state index contributed by atoms with van der Waals surface area (Å²) in [4.78, 5) is 0. The van der Waals surface area contributed by atoms with Crippen LogP contribution in [0.5, 0.6) is 5.88 Å². The lowest BCUT2D eigenvalue weighted by molar-refractivity contribution is 0.0985. The second-order valence-corrected chi connectivity index (χ2v) is 3.20. The van der Waals surface area contributed by atoms with Gasteiger partial charge in [0.15, 0.2) is 5.84 Å². The van der Waals surface area contributed by atoms with Crippen LogP contribution in [-0.2, 0) is 4.74 Å². The van der Waals surface area contributed by atoms with Crippen molar-refractivity contribution < 1.29 is 14.7 Å². The molecule has 7 heteroatoms. The Bertz CT molecular complexity index is 370. The second-order valence-electron chi connectivity index (χ2n) is 3.20. The Kier molecular flexibility index (Phi) is 5.73. The van der Waals surface area contributed by atoms with Crippen LogP contribution in [0.3, 0.4) is 0 Å². The third kappa shape index (κ3) is 4.23. The van der Waals surface area contributed by atoms with Gasteiger partial charge in [0.05, 0.1) is 18.4 Å². The fourth-order valence-corrected chi connectivity index (χ4v) is 1.12. The van der Waals surface area contributed by atoms with Crippen LogP contribution >= 0.6 is 0 Å². The van der Waals surface area contributed by atoms with Gasteiger partial charge in [0.25, 0.3) is 0 Å². The van der Waals surface area contributed by atoms with Crippen molar-refractivity contribution in [3.8, 4) is 5.88 Å². The van der Waals surface area contributed by atoms with Gasteiger partial charge < -0.3 is 20.4 Å². The Morgan fingerprint density at radius 3 is 3.00 bits per heavy atom. The molecule has 1 aromatic heterocycles. The monoisotopic (exact) mass is 240 g/mol. The van der Waals surface area contributed by atoms with Crippen molar-refractivity contribution in [2.24, 2.45) is 10.9 Å². The Hall–Kier alpha value is -1.89. The van der Waals surface area contributed by atoms with E-state index >= 15 is 0 Å². The number of amidine groups is 1. The number of nitrogens with zero attached hydrogens (tertiary/aromatic N) is 3. The van der Waals surface area contributed by atoms with E-state index < -0.39 is 0 Å². The van der Waals surface area contributed by atoms with Crippen LogP contribution in [0.2, 0.25) is 0 Å². The van der Waals surface area contributed by atoms with Gasteiger partial charge in [0, 0.05) is 6.61 Å². The van der Waals surface area contributed by atoms with E-state index in [-0.39, 0.29) is 11.7 Å². The van der Waals surface area contributed by atoms with Crippen LogP contribution < -0.4 is 10.5 Å². The van der Waals surface area contributed by atoms with E-state index in [1.807, 2.05) is 6.92 Å². The Balaban J connectivity index is 2.53. The lowest BCUT2D eigenvalue weighted by Gasteiger charge is -2.08. The topological polar surface area (TPSA) is 103 Å². The molecule has 0 amide bonds. The molecule has 0 aliphatic heterocycles. The number of nitrogens with two attached hydrogens (primary N) is 1. The average molecular weight is 240 g/mol. The van der Waals surface area contributed by atoms with Crippen LogP contribution in [0.25, 0.3) is 0 Å². The van der Waals surface area contributed by atoms with E-state index in [1.165, 1.54) is 6.20 Å². The lowest BCUT2D eigenvalue weighted by Crippen LogP contribution is -2.17. The van der Waals surface area contributed by atoms with Gasteiger partial charge in [-0.15, -0.1) is 5.10 Å². The summed E-state index contributed by atoms with van der Waals surface area (Å²) in [6, 6.07) is 1.56. The number of hydrogen-bond donors (Lipinski definition) is 2. The van der Waals surface area contributed by atoms with Crippen LogP contribution in [0.15, 0.2) is 17.4 Å². The number of aromatic nitrogens is 2. The molecule has 0 aliphatic rings. The highest BCUT2D eigenvalue weighted by molar-refractivity contribution is 5.98. The third-order valence-electron chi connectivity index (χ3n) is 1.89. The number of hydrogen-bond acceptors (Lipinski definition) is 6. The number of oxime groups is 1. The summed E-state index contributed by atoms with van der Waals surface area (Å²) >= 11 is 0.